The third-order valence-electron chi connectivity index (χ3n) is 6.74. The molecule has 1 aliphatic heterocycles. The van der Waals surface area contributed by atoms with E-state index >= 15 is 0 Å². The molecule has 198 valence electrons. The molecule has 1 aromatic heterocycles. The minimum atomic E-state index is -0.736. The third kappa shape index (κ3) is 5.64. The van der Waals surface area contributed by atoms with Crippen molar-refractivity contribution in [1.82, 2.24) is 9.88 Å². The summed E-state index contributed by atoms with van der Waals surface area (Å²) in [7, 11) is 0. The number of ether oxygens (including phenoxy) is 1. The fourth-order valence-electron chi connectivity index (χ4n) is 4.64. The van der Waals surface area contributed by atoms with Gasteiger partial charge in [-0.2, -0.15) is 0 Å². The number of carbonyl (C=O) groups is 2. The summed E-state index contributed by atoms with van der Waals surface area (Å²) in [4.78, 5) is 32.5. The zero-order valence-electron chi connectivity index (χ0n) is 23.0. The predicted molar refractivity (Wildman–Crippen MR) is 149 cm³/mol. The molecule has 0 bridgehead atoms. The van der Waals surface area contributed by atoms with Gasteiger partial charge in [0.1, 0.15) is 11.5 Å². The molecule has 1 fully saturated rings. The largest absolute Gasteiger partial charge is 0.507 e. The molecular weight excluding hydrogens is 476 g/mol. The first-order valence-corrected chi connectivity index (χ1v) is 13.0. The highest BCUT2D eigenvalue weighted by atomic mass is 16.5. The van der Waals surface area contributed by atoms with Gasteiger partial charge in [0.25, 0.3) is 11.7 Å². The number of pyridine rings is 1. The maximum Gasteiger partial charge on any atom is 0.295 e. The van der Waals surface area contributed by atoms with E-state index in [4.69, 9.17) is 4.74 Å². The van der Waals surface area contributed by atoms with Crippen molar-refractivity contribution < 1.29 is 19.4 Å². The Hall–Kier alpha value is -3.93. The highest BCUT2D eigenvalue weighted by molar-refractivity contribution is 6.46. The van der Waals surface area contributed by atoms with Gasteiger partial charge < -0.3 is 14.7 Å². The summed E-state index contributed by atoms with van der Waals surface area (Å²) in [5.74, 6) is -0.455. The number of aromatic nitrogens is 1. The van der Waals surface area contributed by atoms with Crippen LogP contribution < -0.4 is 4.74 Å². The molecule has 0 aliphatic carbocycles. The van der Waals surface area contributed by atoms with Crippen molar-refractivity contribution in [3.8, 4) is 5.75 Å². The zero-order chi connectivity index (χ0) is 27.6. The lowest BCUT2D eigenvalue weighted by Crippen LogP contribution is -2.29. The Labute approximate surface area is 225 Å². The molecule has 6 nitrogen and oxygen atoms in total. The summed E-state index contributed by atoms with van der Waals surface area (Å²) in [5.41, 5.74) is 3.99. The Morgan fingerprint density at radius 2 is 1.79 bits per heavy atom. The van der Waals surface area contributed by atoms with Gasteiger partial charge in [0.15, 0.2) is 0 Å². The van der Waals surface area contributed by atoms with E-state index in [1.807, 2.05) is 43.3 Å². The number of Topliss-reactive ketones (excluding diaryl/α,β-unsaturated/α-hetero) is 1. The van der Waals surface area contributed by atoms with Crippen LogP contribution in [-0.4, -0.2) is 33.3 Å². The summed E-state index contributed by atoms with van der Waals surface area (Å²) in [5, 5.41) is 11.5. The monoisotopic (exact) mass is 512 g/mol. The fraction of sp³-hybridized carbons (Fsp3) is 0.344. The van der Waals surface area contributed by atoms with Gasteiger partial charge in [-0.3, -0.25) is 14.6 Å². The molecule has 1 atom stereocenters. The number of nitrogens with zero attached hydrogens (tertiary/aromatic N) is 2. The van der Waals surface area contributed by atoms with E-state index in [-0.39, 0.29) is 23.3 Å². The van der Waals surface area contributed by atoms with E-state index in [2.05, 4.69) is 39.6 Å². The second kappa shape index (κ2) is 10.8. The Morgan fingerprint density at radius 1 is 1.08 bits per heavy atom. The van der Waals surface area contributed by atoms with Gasteiger partial charge in [-0.15, -0.1) is 0 Å². The first kappa shape index (κ1) is 27.1. The lowest BCUT2D eigenvalue weighted by atomic mass is 9.85. The molecule has 1 aliphatic rings. The smallest absolute Gasteiger partial charge is 0.295 e. The van der Waals surface area contributed by atoms with Gasteiger partial charge in [-0.05, 0) is 64.8 Å². The number of rotatable bonds is 7. The standard InChI is InChI=1S/C32H36N2O4/c1-20(2)19-38-25-13-14-26(21(3)16-25)29(35)27-28(23-9-11-24(12-10-23)32(4,5)6)34(31(37)30(27)36)18-22-8-7-15-33-17-22/h7-17,20,28,35H,18-19H2,1-6H3/b29-27+/t28-/m0/s1. The Balaban J connectivity index is 1.81. The van der Waals surface area contributed by atoms with Gasteiger partial charge in [-0.25, -0.2) is 0 Å². The van der Waals surface area contributed by atoms with Gasteiger partial charge in [0.05, 0.1) is 18.2 Å². The van der Waals surface area contributed by atoms with E-state index in [1.54, 1.807) is 30.6 Å². The van der Waals surface area contributed by atoms with Crippen LogP contribution in [0.25, 0.3) is 5.76 Å². The van der Waals surface area contributed by atoms with E-state index in [1.165, 1.54) is 4.90 Å². The van der Waals surface area contributed by atoms with Gasteiger partial charge in [0, 0.05) is 24.5 Å². The van der Waals surface area contributed by atoms with Crippen LogP contribution in [0, 0.1) is 12.8 Å². The maximum atomic E-state index is 13.4. The van der Waals surface area contributed by atoms with E-state index < -0.39 is 17.7 Å². The number of aryl methyl sites for hydroxylation is 1. The topological polar surface area (TPSA) is 79.7 Å². The van der Waals surface area contributed by atoms with Crippen LogP contribution in [0.5, 0.6) is 5.75 Å². The maximum absolute atomic E-state index is 13.4. The van der Waals surface area contributed by atoms with E-state index in [9.17, 15) is 14.7 Å². The van der Waals surface area contributed by atoms with Crippen LogP contribution in [0.2, 0.25) is 0 Å². The third-order valence-corrected chi connectivity index (χ3v) is 6.74. The zero-order valence-corrected chi connectivity index (χ0v) is 23.0. The number of ketones is 1. The number of hydrogen-bond acceptors (Lipinski definition) is 5. The quantitative estimate of drug-likeness (QED) is 0.227. The normalized spacial score (nSPS) is 17.3. The van der Waals surface area contributed by atoms with Crippen molar-refractivity contribution in [3.05, 3.63) is 100 Å². The SMILES string of the molecule is Cc1cc(OCC(C)C)ccc1/C(O)=C1\C(=O)C(=O)N(Cc2cccnc2)[C@H]1c1ccc(C(C)(C)C)cc1. The second-order valence-corrected chi connectivity index (χ2v) is 11.3. The van der Waals surface area contributed by atoms with Crippen LogP contribution in [0.3, 0.4) is 0 Å². The van der Waals surface area contributed by atoms with E-state index in [0.717, 1.165) is 22.3 Å². The molecule has 2 heterocycles. The Kier molecular flexibility index (Phi) is 7.72. The van der Waals surface area contributed by atoms with Crippen molar-refractivity contribution in [1.29, 1.82) is 0 Å². The number of aliphatic hydroxyl groups is 1. The minimum Gasteiger partial charge on any atom is -0.507 e. The lowest BCUT2D eigenvalue weighted by molar-refractivity contribution is -0.140. The highest BCUT2D eigenvalue weighted by Crippen LogP contribution is 2.41. The molecule has 4 rings (SSSR count). The molecular formula is C32H36N2O4. The van der Waals surface area contributed by atoms with Crippen molar-refractivity contribution in [2.24, 2.45) is 5.92 Å². The van der Waals surface area contributed by atoms with Crippen molar-refractivity contribution in [3.63, 3.8) is 0 Å². The minimum absolute atomic E-state index is 0.0491. The average molecular weight is 513 g/mol. The molecule has 38 heavy (non-hydrogen) atoms. The lowest BCUT2D eigenvalue weighted by Gasteiger charge is -2.26. The number of likely N-dealkylation sites (tertiary alicyclic amines) is 1. The van der Waals surface area contributed by atoms with Crippen LogP contribution in [-0.2, 0) is 21.5 Å². The molecule has 1 amide bonds. The van der Waals surface area contributed by atoms with Gasteiger partial charge in [0.2, 0.25) is 0 Å². The van der Waals surface area contributed by atoms with Crippen LogP contribution in [0.15, 0.2) is 72.6 Å². The molecule has 1 N–H and O–H groups in total. The molecule has 6 heteroatoms. The number of hydrogen-bond donors (Lipinski definition) is 1. The van der Waals surface area contributed by atoms with Crippen LogP contribution in [0.1, 0.15) is 68.5 Å². The number of aliphatic hydroxyl groups excluding tert-OH is 1. The number of benzene rings is 2. The fourth-order valence-corrected chi connectivity index (χ4v) is 4.64. The molecule has 2 aromatic carbocycles. The summed E-state index contributed by atoms with van der Waals surface area (Å²) in [6.07, 6.45) is 3.34. The summed E-state index contributed by atoms with van der Waals surface area (Å²) in [6.45, 7) is 13.2. The Morgan fingerprint density at radius 3 is 2.37 bits per heavy atom. The highest BCUT2D eigenvalue weighted by Gasteiger charge is 2.46. The van der Waals surface area contributed by atoms with Gasteiger partial charge >= 0.3 is 0 Å². The molecule has 0 radical (unpaired) electrons. The van der Waals surface area contributed by atoms with Crippen LogP contribution in [0.4, 0.5) is 0 Å². The van der Waals surface area contributed by atoms with E-state index in [0.29, 0.717) is 23.8 Å². The molecule has 0 spiro atoms. The van der Waals surface area contributed by atoms with Crippen LogP contribution >= 0.6 is 0 Å². The average Bonchev–Trinajstić information content (AvgIpc) is 3.12. The van der Waals surface area contributed by atoms with Crippen molar-refractivity contribution in [2.75, 3.05) is 6.61 Å². The first-order valence-electron chi connectivity index (χ1n) is 13.0. The number of amides is 1. The second-order valence-electron chi connectivity index (χ2n) is 11.3. The summed E-state index contributed by atoms with van der Waals surface area (Å²) < 4.78 is 5.83. The first-order chi connectivity index (χ1) is 18.0. The predicted octanol–water partition coefficient (Wildman–Crippen LogP) is 6.34. The van der Waals surface area contributed by atoms with Crippen molar-refractivity contribution in [2.45, 2.75) is 59.5 Å². The van der Waals surface area contributed by atoms with Gasteiger partial charge in [-0.1, -0.05) is 65.0 Å². The molecule has 1 saturated heterocycles. The van der Waals surface area contributed by atoms with Crippen molar-refractivity contribution >= 4 is 17.4 Å². The number of carbonyl (C=O) groups excluding carboxylic acids is 2. The molecule has 0 saturated carbocycles. The molecule has 0 unspecified atom stereocenters. The molecule has 3 aromatic rings. The Bertz CT molecular complexity index is 1350. The summed E-state index contributed by atoms with van der Waals surface area (Å²) in [6, 6.07) is 16.2. The summed E-state index contributed by atoms with van der Waals surface area (Å²) >= 11 is 0.